The Balaban J connectivity index is 1.52. The molecule has 38 heavy (non-hydrogen) atoms. The van der Waals surface area contributed by atoms with Crippen molar-refractivity contribution in [1.29, 1.82) is 0 Å². The molecule has 1 N–H and O–H groups in total. The molecule has 0 spiro atoms. The molecule has 1 aliphatic heterocycles. The maximum Gasteiger partial charge on any atom is 0.261 e. The third-order valence-electron chi connectivity index (χ3n) is 6.54. The monoisotopic (exact) mass is 575 g/mol. The number of amides is 4. The number of hydrogen-bond donors (Lipinski definition) is 1. The summed E-state index contributed by atoms with van der Waals surface area (Å²) in [5.74, 6) is -1.11. The number of rotatable bonds is 11. The topological polar surface area (TPSA) is 86.8 Å². The molecule has 1 heterocycles. The van der Waals surface area contributed by atoms with Crippen molar-refractivity contribution >= 4 is 39.6 Å². The van der Waals surface area contributed by atoms with E-state index in [0.717, 1.165) is 15.6 Å². The van der Waals surface area contributed by atoms with Crippen molar-refractivity contribution in [2.24, 2.45) is 0 Å². The molecule has 0 fully saturated rings. The number of fused-ring (bicyclic) bond motifs is 1. The van der Waals surface area contributed by atoms with Crippen LogP contribution >= 0.6 is 15.9 Å². The van der Waals surface area contributed by atoms with E-state index in [0.29, 0.717) is 30.5 Å². The van der Waals surface area contributed by atoms with Crippen molar-refractivity contribution in [2.45, 2.75) is 38.8 Å². The van der Waals surface area contributed by atoms with Crippen molar-refractivity contribution in [3.8, 4) is 0 Å². The first-order valence-electron chi connectivity index (χ1n) is 12.7. The van der Waals surface area contributed by atoms with Crippen molar-refractivity contribution in [3.63, 3.8) is 0 Å². The number of likely N-dealkylation sites (N-methyl/N-ethyl adjacent to an activating group) is 1. The fraction of sp³-hybridized carbons (Fsp3) is 0.267. The van der Waals surface area contributed by atoms with E-state index in [2.05, 4.69) is 21.2 Å². The first-order valence-corrected chi connectivity index (χ1v) is 13.5. The molecule has 196 valence electrons. The van der Waals surface area contributed by atoms with Crippen LogP contribution in [-0.2, 0) is 22.6 Å². The van der Waals surface area contributed by atoms with E-state index in [4.69, 9.17) is 0 Å². The highest BCUT2D eigenvalue weighted by Gasteiger charge is 2.35. The normalized spacial score (nSPS) is 13.3. The molecule has 1 unspecified atom stereocenters. The van der Waals surface area contributed by atoms with Crippen LogP contribution in [0.1, 0.15) is 51.6 Å². The first kappa shape index (κ1) is 27.3. The largest absolute Gasteiger partial charge is 0.355 e. The van der Waals surface area contributed by atoms with Gasteiger partial charge in [-0.25, -0.2) is 0 Å². The van der Waals surface area contributed by atoms with Gasteiger partial charge in [-0.1, -0.05) is 70.5 Å². The number of nitrogens with zero attached hydrogens (tertiary/aromatic N) is 2. The third kappa shape index (κ3) is 6.37. The van der Waals surface area contributed by atoms with E-state index in [-0.39, 0.29) is 43.1 Å². The maximum absolute atomic E-state index is 13.7. The second-order valence-electron chi connectivity index (χ2n) is 9.16. The molecule has 4 rings (SSSR count). The zero-order valence-electron chi connectivity index (χ0n) is 21.2. The minimum absolute atomic E-state index is 0.0919. The number of nitrogens with one attached hydrogen (secondary N) is 1. The fourth-order valence-electron chi connectivity index (χ4n) is 4.61. The van der Waals surface area contributed by atoms with E-state index in [1.165, 1.54) is 4.90 Å². The van der Waals surface area contributed by atoms with Crippen LogP contribution in [0.3, 0.4) is 0 Å². The van der Waals surface area contributed by atoms with E-state index in [1.54, 1.807) is 29.2 Å². The maximum atomic E-state index is 13.7. The summed E-state index contributed by atoms with van der Waals surface area (Å²) >= 11 is 3.44. The Hall–Kier alpha value is -3.78. The average Bonchev–Trinajstić information content (AvgIpc) is 3.17. The molecule has 0 aromatic heterocycles. The molecule has 7 nitrogen and oxygen atoms in total. The van der Waals surface area contributed by atoms with E-state index in [1.807, 2.05) is 61.5 Å². The molecule has 3 aromatic carbocycles. The van der Waals surface area contributed by atoms with Gasteiger partial charge in [0.2, 0.25) is 11.8 Å². The molecular weight excluding hydrogens is 546 g/mol. The molecule has 0 bridgehead atoms. The molecule has 1 atom stereocenters. The van der Waals surface area contributed by atoms with Gasteiger partial charge >= 0.3 is 0 Å². The summed E-state index contributed by atoms with van der Waals surface area (Å²) < 4.78 is 0.921. The standard InChI is InChI=1S/C30H30BrN3O4/c1-2-32-28(36)26(19-21-9-4-3-5-10-21)34(20-22-14-16-23(31)17-15-22)27(35)13-8-18-33-29(37)24-11-6-7-12-25(24)30(33)38/h3-7,9-12,14-17,26H,2,8,13,18-20H2,1H3,(H,32,36). The average molecular weight is 576 g/mol. The second-order valence-corrected chi connectivity index (χ2v) is 10.1. The quantitative estimate of drug-likeness (QED) is 0.338. The zero-order valence-corrected chi connectivity index (χ0v) is 22.8. The molecule has 0 radical (unpaired) electrons. The Labute approximate surface area is 231 Å². The molecule has 0 saturated carbocycles. The van der Waals surface area contributed by atoms with Crippen LogP contribution in [0.25, 0.3) is 0 Å². The lowest BCUT2D eigenvalue weighted by Crippen LogP contribution is -2.50. The molecule has 0 saturated heterocycles. The summed E-state index contributed by atoms with van der Waals surface area (Å²) in [6, 6.07) is 23.3. The highest BCUT2D eigenvalue weighted by Crippen LogP contribution is 2.23. The van der Waals surface area contributed by atoms with Crippen LogP contribution in [0.5, 0.6) is 0 Å². The number of benzene rings is 3. The van der Waals surface area contributed by atoms with Crippen molar-refractivity contribution in [1.82, 2.24) is 15.1 Å². The van der Waals surface area contributed by atoms with Gasteiger partial charge in [0.05, 0.1) is 11.1 Å². The summed E-state index contributed by atoms with van der Waals surface area (Å²) in [5, 5.41) is 2.88. The van der Waals surface area contributed by atoms with Crippen LogP contribution in [0, 0.1) is 0 Å². The molecule has 3 aromatic rings. The Morgan fingerprint density at radius 1 is 0.868 bits per heavy atom. The minimum atomic E-state index is -0.715. The van der Waals surface area contributed by atoms with Crippen molar-refractivity contribution in [3.05, 3.63) is 106 Å². The van der Waals surface area contributed by atoms with Gasteiger partial charge < -0.3 is 10.2 Å². The van der Waals surface area contributed by atoms with E-state index in [9.17, 15) is 19.2 Å². The van der Waals surface area contributed by atoms with Crippen molar-refractivity contribution < 1.29 is 19.2 Å². The number of carbonyl (C=O) groups excluding carboxylic acids is 4. The fourth-order valence-corrected chi connectivity index (χ4v) is 4.87. The minimum Gasteiger partial charge on any atom is -0.355 e. The van der Waals surface area contributed by atoms with Gasteiger partial charge in [-0.2, -0.15) is 0 Å². The highest BCUT2D eigenvalue weighted by atomic mass is 79.9. The predicted molar refractivity (Wildman–Crippen MR) is 148 cm³/mol. The smallest absolute Gasteiger partial charge is 0.261 e. The first-order chi connectivity index (χ1) is 18.4. The van der Waals surface area contributed by atoms with Crippen LogP contribution < -0.4 is 5.32 Å². The lowest BCUT2D eigenvalue weighted by Gasteiger charge is -2.31. The molecule has 4 amide bonds. The lowest BCUT2D eigenvalue weighted by molar-refractivity contribution is -0.141. The SMILES string of the molecule is CCNC(=O)C(Cc1ccccc1)N(Cc1ccc(Br)cc1)C(=O)CCCN1C(=O)c2ccccc2C1=O. The predicted octanol–water partition coefficient (Wildman–Crippen LogP) is 4.60. The summed E-state index contributed by atoms with van der Waals surface area (Å²) in [6.45, 7) is 2.69. The van der Waals surface area contributed by atoms with E-state index >= 15 is 0 Å². The van der Waals surface area contributed by atoms with Crippen LogP contribution in [0.2, 0.25) is 0 Å². The zero-order chi connectivity index (χ0) is 27.1. The molecule has 8 heteroatoms. The van der Waals surface area contributed by atoms with Gasteiger partial charge in [-0.05, 0) is 48.7 Å². The summed E-state index contributed by atoms with van der Waals surface area (Å²) in [4.78, 5) is 55.1. The highest BCUT2D eigenvalue weighted by molar-refractivity contribution is 9.10. The number of carbonyl (C=O) groups is 4. The van der Waals surface area contributed by atoms with Crippen LogP contribution in [0.4, 0.5) is 0 Å². The second kappa shape index (κ2) is 12.6. The van der Waals surface area contributed by atoms with Crippen LogP contribution in [-0.4, -0.2) is 52.6 Å². The van der Waals surface area contributed by atoms with Gasteiger partial charge in [-0.3, -0.25) is 24.1 Å². The summed E-state index contributed by atoms with van der Waals surface area (Å²) in [5.41, 5.74) is 2.62. The molecule has 1 aliphatic rings. The Morgan fingerprint density at radius 2 is 1.47 bits per heavy atom. The van der Waals surface area contributed by atoms with Gasteiger partial charge in [0.25, 0.3) is 11.8 Å². The molecular formula is C30H30BrN3O4. The summed E-state index contributed by atoms with van der Waals surface area (Å²) in [7, 11) is 0. The van der Waals surface area contributed by atoms with Gasteiger partial charge in [-0.15, -0.1) is 0 Å². The Bertz CT molecular complexity index is 1280. The van der Waals surface area contributed by atoms with Crippen LogP contribution in [0.15, 0.2) is 83.3 Å². The number of imide groups is 1. The van der Waals surface area contributed by atoms with Crippen molar-refractivity contribution in [2.75, 3.05) is 13.1 Å². The Morgan fingerprint density at radius 3 is 2.08 bits per heavy atom. The molecule has 0 aliphatic carbocycles. The number of hydrogen-bond acceptors (Lipinski definition) is 4. The van der Waals surface area contributed by atoms with Gasteiger partial charge in [0, 0.05) is 36.9 Å². The van der Waals surface area contributed by atoms with E-state index < -0.39 is 6.04 Å². The lowest BCUT2D eigenvalue weighted by atomic mass is 10.0. The van der Waals surface area contributed by atoms with Gasteiger partial charge in [0.1, 0.15) is 6.04 Å². The summed E-state index contributed by atoms with van der Waals surface area (Å²) in [6.07, 6.45) is 0.760. The third-order valence-corrected chi connectivity index (χ3v) is 7.07. The number of halogens is 1. The Kier molecular flexibility index (Phi) is 9.07. The van der Waals surface area contributed by atoms with Gasteiger partial charge in [0.15, 0.2) is 0 Å².